The molecule has 6 nitrogen and oxygen atoms in total. The van der Waals surface area contributed by atoms with Crippen LogP contribution in [-0.2, 0) is 4.74 Å². The van der Waals surface area contributed by atoms with Crippen LogP contribution in [0, 0.1) is 6.92 Å². The number of ether oxygens (including phenoxy) is 1. The van der Waals surface area contributed by atoms with Crippen molar-refractivity contribution in [3.8, 4) is 0 Å². The fourth-order valence-corrected chi connectivity index (χ4v) is 2.45. The van der Waals surface area contributed by atoms with E-state index in [0.29, 0.717) is 5.69 Å². The van der Waals surface area contributed by atoms with Crippen LogP contribution in [0.4, 0.5) is 5.69 Å². The molecule has 7 heteroatoms. The van der Waals surface area contributed by atoms with Crippen molar-refractivity contribution in [1.82, 2.24) is 0 Å². The van der Waals surface area contributed by atoms with E-state index in [-0.39, 0.29) is 0 Å². The first-order valence-electron chi connectivity index (χ1n) is 6.27. The fraction of sp³-hybridized carbons (Fsp3) is 0.538. The number of benzene rings is 1. The number of aliphatic hydroxyl groups excluding tert-OH is 4. The average molecular weight is 348 g/mol. The van der Waals surface area contributed by atoms with Crippen molar-refractivity contribution in [2.75, 3.05) is 11.9 Å². The molecule has 1 aromatic carbocycles. The molecule has 5 N–H and O–H groups in total. The number of halogens is 1. The maximum absolute atomic E-state index is 9.92. The maximum atomic E-state index is 9.92. The summed E-state index contributed by atoms with van der Waals surface area (Å²) in [6.45, 7) is 1.50. The predicted octanol–water partition coefficient (Wildman–Crippen LogP) is -0.0307. The van der Waals surface area contributed by atoms with Gasteiger partial charge in [0, 0.05) is 10.2 Å². The Morgan fingerprint density at radius 3 is 2.50 bits per heavy atom. The monoisotopic (exact) mass is 347 g/mol. The third kappa shape index (κ3) is 3.13. The first-order chi connectivity index (χ1) is 9.43. The quantitative estimate of drug-likeness (QED) is 0.526. The third-order valence-corrected chi connectivity index (χ3v) is 4.23. The van der Waals surface area contributed by atoms with Gasteiger partial charge in [-0.2, -0.15) is 0 Å². The predicted molar refractivity (Wildman–Crippen MR) is 76.3 cm³/mol. The first kappa shape index (κ1) is 15.7. The number of aryl methyl sites for hydroxylation is 1. The number of aliphatic hydroxyl groups is 4. The average Bonchev–Trinajstić information content (AvgIpc) is 2.43. The largest absolute Gasteiger partial charge is 0.394 e. The van der Waals surface area contributed by atoms with E-state index in [1.54, 1.807) is 0 Å². The fourth-order valence-electron chi connectivity index (χ4n) is 2.07. The lowest BCUT2D eigenvalue weighted by Gasteiger charge is -2.40. The molecule has 2 rings (SSSR count). The molecular weight excluding hydrogens is 330 g/mol. The molecule has 0 aliphatic carbocycles. The summed E-state index contributed by atoms with van der Waals surface area (Å²) in [5, 5.41) is 41.4. The standard InChI is InChI=1S/C13H18BrNO5/c1-6-2-3-7(4-8(6)14)15-13-12(19)11(18)10(17)9(5-16)20-13/h2-4,9-13,15-19H,5H2,1H3/t9-,10+,11+,12+,13-/m1/s1. The van der Waals surface area contributed by atoms with Crippen molar-refractivity contribution in [3.05, 3.63) is 28.2 Å². The lowest BCUT2D eigenvalue weighted by atomic mass is 9.98. The van der Waals surface area contributed by atoms with Gasteiger partial charge in [0.2, 0.25) is 0 Å². The highest BCUT2D eigenvalue weighted by Crippen LogP contribution is 2.25. The first-order valence-corrected chi connectivity index (χ1v) is 7.06. The van der Waals surface area contributed by atoms with Crippen LogP contribution in [0.5, 0.6) is 0 Å². The van der Waals surface area contributed by atoms with Gasteiger partial charge in [0.1, 0.15) is 24.4 Å². The molecule has 0 unspecified atom stereocenters. The molecule has 0 saturated carbocycles. The Morgan fingerprint density at radius 1 is 1.20 bits per heavy atom. The van der Waals surface area contributed by atoms with E-state index in [1.165, 1.54) is 0 Å². The van der Waals surface area contributed by atoms with Gasteiger partial charge in [-0.3, -0.25) is 0 Å². The second kappa shape index (κ2) is 6.38. The Hall–Kier alpha value is -0.700. The number of rotatable bonds is 3. The smallest absolute Gasteiger partial charge is 0.157 e. The van der Waals surface area contributed by atoms with Gasteiger partial charge in [-0.1, -0.05) is 22.0 Å². The van der Waals surface area contributed by atoms with Crippen LogP contribution in [0.3, 0.4) is 0 Å². The topological polar surface area (TPSA) is 102 Å². The van der Waals surface area contributed by atoms with Gasteiger partial charge in [-0.15, -0.1) is 0 Å². The van der Waals surface area contributed by atoms with Crippen molar-refractivity contribution < 1.29 is 25.2 Å². The van der Waals surface area contributed by atoms with Crippen molar-refractivity contribution in [1.29, 1.82) is 0 Å². The highest BCUT2D eigenvalue weighted by molar-refractivity contribution is 9.10. The van der Waals surface area contributed by atoms with Gasteiger partial charge < -0.3 is 30.5 Å². The molecule has 1 saturated heterocycles. The summed E-state index contributed by atoms with van der Waals surface area (Å²) in [6, 6.07) is 5.51. The Balaban J connectivity index is 2.13. The lowest BCUT2D eigenvalue weighted by molar-refractivity contribution is -0.221. The molecule has 1 aliphatic heterocycles. The zero-order valence-electron chi connectivity index (χ0n) is 10.9. The normalized spacial score (nSPS) is 34.0. The summed E-state index contributed by atoms with van der Waals surface area (Å²) < 4.78 is 6.26. The second-order valence-corrected chi connectivity index (χ2v) is 5.71. The van der Waals surface area contributed by atoms with Crippen LogP contribution < -0.4 is 5.32 Å². The van der Waals surface area contributed by atoms with Gasteiger partial charge in [-0.25, -0.2) is 0 Å². The minimum Gasteiger partial charge on any atom is -0.394 e. The molecule has 0 radical (unpaired) electrons. The molecule has 0 bridgehead atoms. The summed E-state index contributed by atoms with van der Waals surface area (Å²) in [6.07, 6.45) is -5.86. The van der Waals surface area contributed by atoms with Gasteiger partial charge in [0.25, 0.3) is 0 Å². The van der Waals surface area contributed by atoms with E-state index in [1.807, 2.05) is 25.1 Å². The van der Waals surface area contributed by atoms with Crippen molar-refractivity contribution in [2.24, 2.45) is 0 Å². The lowest BCUT2D eigenvalue weighted by Crippen LogP contribution is -2.60. The number of hydrogen-bond acceptors (Lipinski definition) is 6. The highest BCUT2D eigenvalue weighted by atomic mass is 79.9. The molecule has 1 aromatic rings. The maximum Gasteiger partial charge on any atom is 0.157 e. The van der Waals surface area contributed by atoms with Crippen LogP contribution in [0.1, 0.15) is 5.56 Å². The van der Waals surface area contributed by atoms with E-state index in [2.05, 4.69) is 21.2 Å². The molecular formula is C13H18BrNO5. The van der Waals surface area contributed by atoms with E-state index >= 15 is 0 Å². The van der Waals surface area contributed by atoms with Crippen LogP contribution in [0.15, 0.2) is 22.7 Å². The van der Waals surface area contributed by atoms with Crippen LogP contribution in [-0.4, -0.2) is 57.7 Å². The molecule has 1 aliphatic rings. The minimum atomic E-state index is -1.38. The number of hydrogen-bond donors (Lipinski definition) is 5. The van der Waals surface area contributed by atoms with Crippen LogP contribution in [0.2, 0.25) is 0 Å². The van der Waals surface area contributed by atoms with E-state index < -0.39 is 37.3 Å². The molecule has 112 valence electrons. The summed E-state index contributed by atoms with van der Waals surface area (Å²) in [5.74, 6) is 0. The molecule has 0 spiro atoms. The summed E-state index contributed by atoms with van der Waals surface area (Å²) >= 11 is 3.40. The molecule has 0 amide bonds. The van der Waals surface area contributed by atoms with Gasteiger partial charge >= 0.3 is 0 Å². The Kier molecular flexibility index (Phi) is 5.00. The number of nitrogens with one attached hydrogen (secondary N) is 1. The van der Waals surface area contributed by atoms with Crippen molar-refractivity contribution >= 4 is 21.6 Å². The van der Waals surface area contributed by atoms with Crippen molar-refractivity contribution in [2.45, 2.75) is 37.6 Å². The zero-order valence-corrected chi connectivity index (χ0v) is 12.5. The second-order valence-electron chi connectivity index (χ2n) is 4.86. The van der Waals surface area contributed by atoms with Crippen molar-refractivity contribution in [3.63, 3.8) is 0 Å². The Bertz CT molecular complexity index is 470. The van der Waals surface area contributed by atoms with Gasteiger partial charge in [-0.05, 0) is 24.6 Å². The molecule has 0 aromatic heterocycles. The summed E-state index contributed by atoms with van der Waals surface area (Å²) in [5.41, 5.74) is 1.75. The van der Waals surface area contributed by atoms with Gasteiger partial charge in [0.05, 0.1) is 6.61 Å². The molecule has 5 atom stereocenters. The Morgan fingerprint density at radius 2 is 1.90 bits per heavy atom. The highest BCUT2D eigenvalue weighted by Gasteiger charge is 2.43. The SMILES string of the molecule is Cc1ccc(N[C@@H]2O[C@H](CO)[C@H](O)[C@H](O)[C@@H]2O)cc1Br. The van der Waals surface area contributed by atoms with E-state index in [0.717, 1.165) is 10.0 Å². The third-order valence-electron chi connectivity index (χ3n) is 3.37. The van der Waals surface area contributed by atoms with E-state index in [9.17, 15) is 15.3 Å². The van der Waals surface area contributed by atoms with Crippen LogP contribution >= 0.6 is 15.9 Å². The van der Waals surface area contributed by atoms with Gasteiger partial charge in [0.15, 0.2) is 6.23 Å². The van der Waals surface area contributed by atoms with Crippen LogP contribution in [0.25, 0.3) is 0 Å². The van der Waals surface area contributed by atoms with E-state index in [4.69, 9.17) is 9.84 Å². The Labute approximate surface area is 125 Å². The summed E-state index contributed by atoms with van der Waals surface area (Å²) in [4.78, 5) is 0. The molecule has 20 heavy (non-hydrogen) atoms. The zero-order chi connectivity index (χ0) is 14.9. The molecule has 1 fully saturated rings. The summed E-state index contributed by atoms with van der Waals surface area (Å²) in [7, 11) is 0. The molecule has 1 heterocycles. The minimum absolute atomic E-state index is 0.444. The number of anilines is 1.